The van der Waals surface area contributed by atoms with Crippen LogP contribution in [0.5, 0.6) is 5.75 Å². The van der Waals surface area contributed by atoms with E-state index >= 15 is 0 Å². The highest BCUT2D eigenvalue weighted by Crippen LogP contribution is 2.23. The summed E-state index contributed by atoms with van der Waals surface area (Å²) in [4.78, 5) is 8.69. The summed E-state index contributed by atoms with van der Waals surface area (Å²) >= 11 is 0. The first kappa shape index (κ1) is 17.2. The Kier molecular flexibility index (Phi) is 4.85. The molecule has 0 saturated heterocycles. The number of hydrogen-bond acceptors (Lipinski definition) is 6. The molecule has 3 rings (SSSR count). The zero-order valence-electron chi connectivity index (χ0n) is 14.1. The summed E-state index contributed by atoms with van der Waals surface area (Å²) < 4.78 is 29.1. The Labute approximate surface area is 146 Å². The molecule has 0 aliphatic heterocycles. The van der Waals surface area contributed by atoms with Gasteiger partial charge in [-0.05, 0) is 42.8 Å². The first-order valence-electron chi connectivity index (χ1n) is 7.88. The molecule has 7 heteroatoms. The van der Waals surface area contributed by atoms with Crippen molar-refractivity contribution < 1.29 is 13.2 Å². The van der Waals surface area contributed by atoms with Crippen LogP contribution in [0.25, 0.3) is 10.9 Å². The van der Waals surface area contributed by atoms with E-state index in [0.717, 1.165) is 11.3 Å². The predicted octanol–water partition coefficient (Wildman–Crippen LogP) is 3.04. The first-order chi connectivity index (χ1) is 12.0. The van der Waals surface area contributed by atoms with Gasteiger partial charge in [0.15, 0.2) is 9.84 Å². The van der Waals surface area contributed by atoms with Crippen LogP contribution in [0.4, 0.5) is 5.82 Å². The zero-order chi connectivity index (χ0) is 17.9. The van der Waals surface area contributed by atoms with Crippen molar-refractivity contribution >= 4 is 26.6 Å². The molecule has 0 aliphatic carbocycles. The number of sulfone groups is 1. The molecule has 0 aliphatic rings. The maximum absolute atomic E-state index is 11.8. The molecule has 0 fully saturated rings. The minimum absolute atomic E-state index is 0.246. The smallest absolute Gasteiger partial charge is 0.175 e. The van der Waals surface area contributed by atoms with Crippen LogP contribution in [-0.4, -0.2) is 31.2 Å². The first-order valence-corrected chi connectivity index (χ1v) is 9.77. The van der Waals surface area contributed by atoms with E-state index in [-0.39, 0.29) is 4.90 Å². The Balaban J connectivity index is 1.89. The van der Waals surface area contributed by atoms with E-state index in [4.69, 9.17) is 4.74 Å². The Morgan fingerprint density at radius 3 is 2.72 bits per heavy atom. The standard InChI is InChI=1S/C18H19N3O3S/c1-3-24-14-6-4-5-13(9-14)11-19-18-16-10-15(25(2,22)23)7-8-17(16)20-12-21-18/h4-10,12H,3,11H2,1-2H3,(H,19,20,21). The SMILES string of the molecule is CCOc1cccc(CNc2ncnc3ccc(S(C)(=O)=O)cc23)c1. The lowest BCUT2D eigenvalue weighted by atomic mass is 10.2. The van der Waals surface area contributed by atoms with E-state index in [9.17, 15) is 8.42 Å². The Hall–Kier alpha value is -2.67. The zero-order valence-corrected chi connectivity index (χ0v) is 14.9. The molecule has 1 heterocycles. The molecule has 0 spiro atoms. The van der Waals surface area contributed by atoms with Gasteiger partial charge in [0.05, 0.1) is 17.0 Å². The van der Waals surface area contributed by atoms with Crippen molar-refractivity contribution in [3.8, 4) is 5.75 Å². The minimum Gasteiger partial charge on any atom is -0.494 e. The molecule has 0 saturated carbocycles. The number of aromatic nitrogens is 2. The van der Waals surface area contributed by atoms with Gasteiger partial charge < -0.3 is 10.1 Å². The van der Waals surface area contributed by atoms with Gasteiger partial charge in [-0.3, -0.25) is 0 Å². The molecule has 0 bridgehead atoms. The minimum atomic E-state index is -3.29. The van der Waals surface area contributed by atoms with Gasteiger partial charge in [0.2, 0.25) is 0 Å². The number of hydrogen-bond donors (Lipinski definition) is 1. The second-order valence-electron chi connectivity index (χ2n) is 5.61. The lowest BCUT2D eigenvalue weighted by Gasteiger charge is -2.10. The number of anilines is 1. The van der Waals surface area contributed by atoms with Crippen LogP contribution in [0, 0.1) is 0 Å². The van der Waals surface area contributed by atoms with E-state index in [1.807, 2.05) is 31.2 Å². The summed E-state index contributed by atoms with van der Waals surface area (Å²) in [5, 5.41) is 3.92. The van der Waals surface area contributed by atoms with Crippen molar-refractivity contribution in [3.05, 3.63) is 54.4 Å². The molecule has 0 unspecified atom stereocenters. The summed E-state index contributed by atoms with van der Waals surface area (Å²) in [5.74, 6) is 1.41. The van der Waals surface area contributed by atoms with Crippen molar-refractivity contribution in [3.63, 3.8) is 0 Å². The van der Waals surface area contributed by atoms with Gasteiger partial charge in [0.1, 0.15) is 17.9 Å². The van der Waals surface area contributed by atoms with Crippen molar-refractivity contribution in [2.24, 2.45) is 0 Å². The van der Waals surface area contributed by atoms with Crippen molar-refractivity contribution in [2.45, 2.75) is 18.4 Å². The molecule has 0 atom stereocenters. The summed E-state index contributed by atoms with van der Waals surface area (Å²) in [5.41, 5.74) is 1.73. The van der Waals surface area contributed by atoms with Gasteiger partial charge in [-0.15, -0.1) is 0 Å². The quantitative estimate of drug-likeness (QED) is 0.730. The third kappa shape index (κ3) is 4.06. The monoisotopic (exact) mass is 357 g/mol. The van der Waals surface area contributed by atoms with E-state index < -0.39 is 9.84 Å². The van der Waals surface area contributed by atoms with Gasteiger partial charge in [0.25, 0.3) is 0 Å². The lowest BCUT2D eigenvalue weighted by Crippen LogP contribution is -2.04. The molecule has 2 aromatic carbocycles. The van der Waals surface area contributed by atoms with E-state index in [2.05, 4.69) is 15.3 Å². The highest BCUT2D eigenvalue weighted by atomic mass is 32.2. The fourth-order valence-electron chi connectivity index (χ4n) is 2.50. The Morgan fingerprint density at radius 1 is 1.12 bits per heavy atom. The van der Waals surface area contributed by atoms with Crippen LogP contribution < -0.4 is 10.1 Å². The fourth-order valence-corrected chi connectivity index (χ4v) is 3.15. The number of rotatable bonds is 6. The Morgan fingerprint density at radius 2 is 1.96 bits per heavy atom. The molecular weight excluding hydrogens is 338 g/mol. The maximum atomic E-state index is 11.8. The summed E-state index contributed by atoms with van der Waals surface area (Å²) in [7, 11) is -3.29. The molecular formula is C18H19N3O3S. The van der Waals surface area contributed by atoms with Crippen molar-refractivity contribution in [2.75, 3.05) is 18.2 Å². The molecule has 3 aromatic rings. The van der Waals surface area contributed by atoms with Crippen LogP contribution in [-0.2, 0) is 16.4 Å². The van der Waals surface area contributed by atoms with Gasteiger partial charge in [-0.2, -0.15) is 0 Å². The van der Waals surface area contributed by atoms with Gasteiger partial charge >= 0.3 is 0 Å². The number of fused-ring (bicyclic) bond motifs is 1. The summed E-state index contributed by atoms with van der Waals surface area (Å²) in [6.07, 6.45) is 2.64. The van der Waals surface area contributed by atoms with E-state index in [1.54, 1.807) is 18.2 Å². The number of nitrogens with one attached hydrogen (secondary N) is 1. The van der Waals surface area contributed by atoms with Crippen LogP contribution in [0.2, 0.25) is 0 Å². The normalized spacial score (nSPS) is 11.4. The second kappa shape index (κ2) is 7.06. The topological polar surface area (TPSA) is 81.2 Å². The van der Waals surface area contributed by atoms with Crippen LogP contribution in [0.1, 0.15) is 12.5 Å². The summed E-state index contributed by atoms with van der Waals surface area (Å²) in [6, 6.07) is 12.6. The third-order valence-electron chi connectivity index (χ3n) is 3.70. The summed E-state index contributed by atoms with van der Waals surface area (Å²) in [6.45, 7) is 3.09. The third-order valence-corrected chi connectivity index (χ3v) is 4.81. The molecule has 0 radical (unpaired) electrons. The molecule has 1 aromatic heterocycles. The molecule has 130 valence electrons. The highest BCUT2D eigenvalue weighted by Gasteiger charge is 2.11. The molecule has 0 amide bonds. The molecule has 25 heavy (non-hydrogen) atoms. The van der Waals surface area contributed by atoms with Crippen LogP contribution >= 0.6 is 0 Å². The number of benzene rings is 2. The number of ether oxygens (including phenoxy) is 1. The van der Waals surface area contributed by atoms with Gasteiger partial charge in [0, 0.05) is 18.2 Å². The van der Waals surface area contributed by atoms with Gasteiger partial charge in [-0.25, -0.2) is 18.4 Å². The Bertz CT molecular complexity index is 1000. The highest BCUT2D eigenvalue weighted by molar-refractivity contribution is 7.90. The van der Waals surface area contributed by atoms with Crippen LogP contribution in [0.15, 0.2) is 53.7 Å². The predicted molar refractivity (Wildman–Crippen MR) is 97.6 cm³/mol. The van der Waals surface area contributed by atoms with E-state index in [1.165, 1.54) is 12.6 Å². The lowest BCUT2D eigenvalue weighted by molar-refractivity contribution is 0.340. The second-order valence-corrected chi connectivity index (χ2v) is 7.62. The largest absolute Gasteiger partial charge is 0.494 e. The van der Waals surface area contributed by atoms with Crippen molar-refractivity contribution in [1.82, 2.24) is 9.97 Å². The maximum Gasteiger partial charge on any atom is 0.175 e. The average Bonchev–Trinajstić information content (AvgIpc) is 2.59. The fraction of sp³-hybridized carbons (Fsp3) is 0.222. The molecule has 6 nitrogen and oxygen atoms in total. The molecule has 1 N–H and O–H groups in total. The van der Waals surface area contributed by atoms with Crippen molar-refractivity contribution in [1.29, 1.82) is 0 Å². The number of nitrogens with zero attached hydrogens (tertiary/aromatic N) is 2. The van der Waals surface area contributed by atoms with E-state index in [0.29, 0.717) is 29.9 Å². The average molecular weight is 357 g/mol. The van der Waals surface area contributed by atoms with Crippen LogP contribution in [0.3, 0.4) is 0 Å². The van der Waals surface area contributed by atoms with Gasteiger partial charge in [-0.1, -0.05) is 12.1 Å².